The van der Waals surface area contributed by atoms with E-state index in [4.69, 9.17) is 4.98 Å². The summed E-state index contributed by atoms with van der Waals surface area (Å²) in [6.45, 7) is 6.25. The molecule has 22 heavy (non-hydrogen) atoms. The maximum atomic E-state index is 4.72. The van der Waals surface area contributed by atoms with Gasteiger partial charge in [0.05, 0.1) is 6.20 Å². The highest BCUT2D eigenvalue weighted by atomic mass is 15.1. The van der Waals surface area contributed by atoms with Crippen molar-refractivity contribution in [3.63, 3.8) is 0 Å². The van der Waals surface area contributed by atoms with E-state index in [1.54, 1.807) is 18.6 Å². The second-order valence-electron chi connectivity index (χ2n) is 5.59. The van der Waals surface area contributed by atoms with Crippen molar-refractivity contribution in [2.75, 3.05) is 18.4 Å². The van der Waals surface area contributed by atoms with E-state index in [1.807, 2.05) is 6.92 Å². The van der Waals surface area contributed by atoms with Gasteiger partial charge in [0.2, 0.25) is 0 Å². The van der Waals surface area contributed by atoms with Gasteiger partial charge in [-0.3, -0.25) is 4.98 Å². The Bertz CT molecular complexity index is 622. The fourth-order valence-corrected chi connectivity index (χ4v) is 2.84. The zero-order valence-corrected chi connectivity index (χ0v) is 13.1. The lowest BCUT2D eigenvalue weighted by atomic mass is 10.1. The summed E-state index contributed by atoms with van der Waals surface area (Å²) in [7, 11) is 0. The summed E-state index contributed by atoms with van der Waals surface area (Å²) in [6, 6.07) is 0.419. The lowest BCUT2D eigenvalue weighted by molar-refractivity contribution is 0.478. The van der Waals surface area contributed by atoms with Gasteiger partial charge in [-0.25, -0.2) is 15.0 Å². The molecule has 6 nitrogen and oxygen atoms in total. The maximum Gasteiger partial charge on any atom is 0.182 e. The molecule has 1 atom stereocenters. The van der Waals surface area contributed by atoms with Crippen molar-refractivity contribution in [3.05, 3.63) is 29.8 Å². The quantitative estimate of drug-likeness (QED) is 0.899. The van der Waals surface area contributed by atoms with Gasteiger partial charge in [-0.15, -0.1) is 0 Å². The zero-order chi connectivity index (χ0) is 15.4. The summed E-state index contributed by atoms with van der Waals surface area (Å²) < 4.78 is 0. The molecule has 116 valence electrons. The van der Waals surface area contributed by atoms with E-state index in [2.05, 4.69) is 32.5 Å². The molecule has 1 saturated heterocycles. The molecule has 6 heteroatoms. The van der Waals surface area contributed by atoms with E-state index in [1.165, 1.54) is 18.4 Å². The van der Waals surface area contributed by atoms with Crippen molar-refractivity contribution in [2.45, 2.75) is 39.2 Å². The average Bonchev–Trinajstić information content (AvgIpc) is 2.56. The molecule has 0 aliphatic carbocycles. The summed E-state index contributed by atoms with van der Waals surface area (Å²) in [5.41, 5.74) is 2.89. The number of hydrogen-bond donors (Lipinski definition) is 2. The van der Waals surface area contributed by atoms with E-state index in [9.17, 15) is 0 Å². The number of aryl methyl sites for hydroxylation is 1. The molecule has 2 aromatic rings. The summed E-state index contributed by atoms with van der Waals surface area (Å²) in [4.78, 5) is 17.7. The van der Waals surface area contributed by atoms with Gasteiger partial charge in [-0.05, 0) is 32.7 Å². The normalized spacial score (nSPS) is 18.2. The number of aromatic nitrogens is 4. The molecule has 0 bridgehead atoms. The summed E-state index contributed by atoms with van der Waals surface area (Å²) in [5, 5.41) is 7.01. The molecule has 1 aliphatic heterocycles. The van der Waals surface area contributed by atoms with Gasteiger partial charge in [0.1, 0.15) is 11.5 Å². The number of nitrogens with one attached hydrogen (secondary N) is 2. The van der Waals surface area contributed by atoms with E-state index >= 15 is 0 Å². The van der Waals surface area contributed by atoms with Gasteiger partial charge in [0.15, 0.2) is 5.82 Å². The number of hydrogen-bond acceptors (Lipinski definition) is 6. The second kappa shape index (κ2) is 6.79. The molecule has 0 spiro atoms. The minimum atomic E-state index is 0.419. The highest BCUT2D eigenvalue weighted by Crippen LogP contribution is 2.22. The number of anilines is 1. The minimum absolute atomic E-state index is 0.419. The first-order chi connectivity index (χ1) is 10.8. The van der Waals surface area contributed by atoms with Crippen LogP contribution in [0.2, 0.25) is 0 Å². The van der Waals surface area contributed by atoms with Crippen LogP contribution in [0, 0.1) is 6.92 Å². The van der Waals surface area contributed by atoms with Crippen molar-refractivity contribution in [2.24, 2.45) is 0 Å². The molecule has 0 saturated carbocycles. The lowest BCUT2D eigenvalue weighted by Gasteiger charge is -2.25. The monoisotopic (exact) mass is 298 g/mol. The number of piperidine rings is 1. The van der Waals surface area contributed by atoms with Crippen LogP contribution in [-0.2, 0) is 6.42 Å². The molecule has 0 amide bonds. The Kier molecular flexibility index (Phi) is 4.58. The van der Waals surface area contributed by atoms with E-state index < -0.39 is 0 Å². The summed E-state index contributed by atoms with van der Waals surface area (Å²) in [6.07, 6.45) is 8.30. The van der Waals surface area contributed by atoms with Crippen LogP contribution >= 0.6 is 0 Å². The van der Waals surface area contributed by atoms with E-state index in [0.29, 0.717) is 17.6 Å². The highest BCUT2D eigenvalue weighted by Gasteiger charge is 2.17. The third kappa shape index (κ3) is 3.22. The smallest absolute Gasteiger partial charge is 0.182 e. The Morgan fingerprint density at radius 1 is 1.32 bits per heavy atom. The summed E-state index contributed by atoms with van der Waals surface area (Å²) in [5.74, 6) is 1.57. The van der Waals surface area contributed by atoms with Gasteiger partial charge in [-0.2, -0.15) is 0 Å². The predicted octanol–water partition coefficient (Wildman–Crippen LogP) is 1.97. The highest BCUT2D eigenvalue weighted by molar-refractivity contribution is 5.56. The largest absolute Gasteiger partial charge is 0.366 e. The predicted molar refractivity (Wildman–Crippen MR) is 86.7 cm³/mol. The molecular weight excluding hydrogens is 276 g/mol. The zero-order valence-electron chi connectivity index (χ0n) is 13.1. The molecule has 2 N–H and O–H groups in total. The molecule has 3 heterocycles. The van der Waals surface area contributed by atoms with Crippen LogP contribution in [0.5, 0.6) is 0 Å². The van der Waals surface area contributed by atoms with Crippen LogP contribution < -0.4 is 10.6 Å². The van der Waals surface area contributed by atoms with Gasteiger partial charge in [0, 0.05) is 36.2 Å². The molecular formula is C16H22N6. The summed E-state index contributed by atoms with van der Waals surface area (Å²) >= 11 is 0. The third-order valence-electron chi connectivity index (χ3n) is 4.00. The Balaban J connectivity index is 1.94. The van der Waals surface area contributed by atoms with Crippen molar-refractivity contribution in [1.82, 2.24) is 25.3 Å². The first kappa shape index (κ1) is 14.8. The van der Waals surface area contributed by atoms with Gasteiger partial charge in [0.25, 0.3) is 0 Å². The van der Waals surface area contributed by atoms with Crippen molar-refractivity contribution in [1.29, 1.82) is 0 Å². The average molecular weight is 298 g/mol. The first-order valence-electron chi connectivity index (χ1n) is 7.89. The topological polar surface area (TPSA) is 75.6 Å². The third-order valence-corrected chi connectivity index (χ3v) is 4.00. The molecule has 1 aliphatic rings. The molecule has 1 unspecified atom stereocenters. The first-order valence-corrected chi connectivity index (χ1v) is 7.89. The Morgan fingerprint density at radius 2 is 2.23 bits per heavy atom. The molecule has 2 aromatic heterocycles. The van der Waals surface area contributed by atoms with Crippen LogP contribution in [0.15, 0.2) is 18.6 Å². The van der Waals surface area contributed by atoms with Crippen LogP contribution in [0.4, 0.5) is 5.82 Å². The number of nitrogens with zero attached hydrogens (tertiary/aromatic N) is 4. The minimum Gasteiger partial charge on any atom is -0.366 e. The van der Waals surface area contributed by atoms with Gasteiger partial charge in [-0.1, -0.05) is 6.92 Å². The van der Waals surface area contributed by atoms with Gasteiger partial charge < -0.3 is 10.6 Å². The maximum absolute atomic E-state index is 4.72. The fourth-order valence-electron chi connectivity index (χ4n) is 2.84. The van der Waals surface area contributed by atoms with E-state index in [-0.39, 0.29) is 0 Å². The Hall–Kier alpha value is -2.08. The van der Waals surface area contributed by atoms with Crippen molar-refractivity contribution < 1.29 is 0 Å². The fraction of sp³-hybridized carbons (Fsp3) is 0.500. The molecule has 0 radical (unpaired) electrons. The second-order valence-corrected chi connectivity index (χ2v) is 5.59. The SMILES string of the molecule is CCc1c(C)nc(-c2cnccn2)nc1NC1CCCNC1. The Labute approximate surface area is 130 Å². The van der Waals surface area contributed by atoms with E-state index in [0.717, 1.165) is 31.0 Å². The standard InChI is InChI=1S/C16H22N6/c1-3-13-11(2)20-16(14-10-18-7-8-19-14)22-15(13)21-12-5-4-6-17-9-12/h7-8,10,12,17H,3-6,9H2,1-2H3,(H,20,21,22). The number of rotatable bonds is 4. The lowest BCUT2D eigenvalue weighted by Crippen LogP contribution is -2.39. The Morgan fingerprint density at radius 3 is 2.91 bits per heavy atom. The van der Waals surface area contributed by atoms with Crippen LogP contribution in [-0.4, -0.2) is 39.1 Å². The molecule has 0 aromatic carbocycles. The van der Waals surface area contributed by atoms with Crippen LogP contribution in [0.3, 0.4) is 0 Å². The van der Waals surface area contributed by atoms with Crippen molar-refractivity contribution in [3.8, 4) is 11.5 Å². The van der Waals surface area contributed by atoms with Crippen LogP contribution in [0.1, 0.15) is 31.0 Å². The molecule has 3 rings (SSSR count). The van der Waals surface area contributed by atoms with Crippen LogP contribution in [0.25, 0.3) is 11.5 Å². The molecule has 1 fully saturated rings. The van der Waals surface area contributed by atoms with Crippen molar-refractivity contribution >= 4 is 5.82 Å². The van der Waals surface area contributed by atoms with Gasteiger partial charge >= 0.3 is 0 Å².